The number of rotatable bonds is 7. The van der Waals surface area contributed by atoms with E-state index >= 15 is 0 Å². The second kappa shape index (κ2) is 10.6. The molecule has 0 aliphatic carbocycles. The van der Waals surface area contributed by atoms with E-state index in [-0.39, 0.29) is 19.3 Å². The predicted molar refractivity (Wildman–Crippen MR) is 138 cm³/mol. The summed E-state index contributed by atoms with van der Waals surface area (Å²) in [6, 6.07) is 22.0. The molecule has 4 aromatic rings. The van der Waals surface area contributed by atoms with Gasteiger partial charge in [0.05, 0.1) is 19.3 Å². The molecule has 3 aromatic carbocycles. The van der Waals surface area contributed by atoms with Crippen LogP contribution in [-0.4, -0.2) is 52.1 Å². The third kappa shape index (κ3) is 5.04. The molecule has 36 heavy (non-hydrogen) atoms. The fourth-order valence-corrected chi connectivity index (χ4v) is 4.77. The van der Waals surface area contributed by atoms with Gasteiger partial charge in [0.1, 0.15) is 17.5 Å². The second-order valence-electron chi connectivity index (χ2n) is 8.78. The van der Waals surface area contributed by atoms with Gasteiger partial charge in [-0.1, -0.05) is 41.9 Å². The van der Waals surface area contributed by atoms with Crippen molar-refractivity contribution in [2.75, 3.05) is 19.8 Å². The summed E-state index contributed by atoms with van der Waals surface area (Å²) in [5, 5.41) is 20.2. The van der Waals surface area contributed by atoms with Crippen LogP contribution in [0.3, 0.4) is 0 Å². The number of H-pyrrole nitrogens is 1. The van der Waals surface area contributed by atoms with Gasteiger partial charge in [0.2, 0.25) is 0 Å². The zero-order valence-corrected chi connectivity index (χ0v) is 20.3. The van der Waals surface area contributed by atoms with Crippen LogP contribution < -0.4 is 9.47 Å². The van der Waals surface area contributed by atoms with Crippen molar-refractivity contribution in [2.45, 2.75) is 25.0 Å². The molecule has 0 spiro atoms. The Balaban J connectivity index is 1.47. The normalized spacial score (nSPS) is 16.0. The number of para-hydroxylation sites is 1. The van der Waals surface area contributed by atoms with Gasteiger partial charge in [-0.3, -0.25) is 4.90 Å². The third-order valence-electron chi connectivity index (χ3n) is 6.40. The average molecular weight is 507 g/mol. The molecule has 8 heteroatoms. The molecule has 0 radical (unpaired) electrons. The van der Waals surface area contributed by atoms with Crippen molar-refractivity contribution < 1.29 is 24.5 Å². The number of ether oxygens (including phenoxy) is 2. The largest absolute Gasteiger partial charge is 0.493 e. The lowest BCUT2D eigenvalue weighted by atomic mass is 9.92. The fourth-order valence-electron chi connectivity index (χ4n) is 4.60. The maximum Gasteiger partial charge on any atom is 0.416 e. The van der Waals surface area contributed by atoms with Gasteiger partial charge in [0.15, 0.2) is 0 Å². The smallest absolute Gasteiger partial charge is 0.416 e. The van der Waals surface area contributed by atoms with E-state index in [4.69, 9.17) is 26.2 Å². The molecule has 1 aliphatic heterocycles. The molecule has 7 nitrogen and oxygen atoms in total. The molecule has 2 atom stereocenters. The van der Waals surface area contributed by atoms with E-state index in [1.54, 1.807) is 17.0 Å². The summed E-state index contributed by atoms with van der Waals surface area (Å²) in [5.74, 6) is 1.13. The minimum atomic E-state index is -0.801. The van der Waals surface area contributed by atoms with Gasteiger partial charge in [-0.2, -0.15) is 0 Å². The van der Waals surface area contributed by atoms with Crippen LogP contribution in [0.5, 0.6) is 11.5 Å². The number of halogens is 1. The molecule has 0 saturated heterocycles. The van der Waals surface area contributed by atoms with Gasteiger partial charge in [0.25, 0.3) is 0 Å². The number of hydrogen-bond acceptors (Lipinski definition) is 5. The number of amides is 1. The maximum absolute atomic E-state index is 13.3. The number of aromatic amines is 1. The van der Waals surface area contributed by atoms with E-state index in [0.717, 1.165) is 27.7 Å². The minimum absolute atomic E-state index is 0.285. The quantitative estimate of drug-likeness (QED) is 0.324. The van der Waals surface area contributed by atoms with Crippen LogP contribution in [0.1, 0.15) is 29.3 Å². The van der Waals surface area contributed by atoms with Gasteiger partial charge >= 0.3 is 6.09 Å². The minimum Gasteiger partial charge on any atom is -0.493 e. The van der Waals surface area contributed by atoms with Gasteiger partial charge in [-0.25, -0.2) is 4.79 Å². The number of benzene rings is 3. The lowest BCUT2D eigenvalue weighted by Crippen LogP contribution is -2.42. The summed E-state index contributed by atoms with van der Waals surface area (Å²) in [6.45, 7) is 0.476. The lowest BCUT2D eigenvalue weighted by Gasteiger charge is -2.35. The first-order chi connectivity index (χ1) is 17.5. The Morgan fingerprint density at radius 2 is 1.86 bits per heavy atom. The standard InChI is InChI=1S/C28H27ClN2O5/c29-19-8-11-25-24(16-19)23-12-14-31(28(34)36-22-4-2-1-3-5-22)27(26(23)30-25)18-6-9-21(10-7-18)35-15-13-20(33)17-32/h1-11,16,20,27,30,32-33H,12-15,17H2. The number of fused-ring (bicyclic) bond motifs is 3. The van der Waals surface area contributed by atoms with E-state index in [1.807, 2.05) is 60.7 Å². The van der Waals surface area contributed by atoms with Crippen LogP contribution in [0.25, 0.3) is 10.9 Å². The van der Waals surface area contributed by atoms with Crippen molar-refractivity contribution in [3.05, 3.63) is 94.6 Å². The number of aliphatic hydroxyl groups is 2. The highest BCUT2D eigenvalue weighted by Crippen LogP contribution is 2.40. The number of nitrogens with zero attached hydrogens (tertiary/aromatic N) is 1. The molecule has 0 fully saturated rings. The van der Waals surface area contributed by atoms with Gasteiger partial charge in [0, 0.05) is 34.6 Å². The van der Waals surface area contributed by atoms with Crippen LogP contribution in [-0.2, 0) is 6.42 Å². The Labute approximate surface area is 213 Å². The molecule has 2 unspecified atom stereocenters. The Hall–Kier alpha value is -3.52. The number of aliphatic hydroxyl groups excluding tert-OH is 2. The zero-order chi connectivity index (χ0) is 25.1. The van der Waals surface area contributed by atoms with Crippen LogP contribution >= 0.6 is 11.6 Å². The number of nitrogens with one attached hydrogen (secondary N) is 1. The number of hydrogen-bond donors (Lipinski definition) is 3. The Morgan fingerprint density at radius 3 is 2.61 bits per heavy atom. The van der Waals surface area contributed by atoms with Crippen molar-refractivity contribution >= 4 is 28.6 Å². The molecule has 1 amide bonds. The highest BCUT2D eigenvalue weighted by atomic mass is 35.5. The van der Waals surface area contributed by atoms with Crippen molar-refractivity contribution in [2.24, 2.45) is 0 Å². The lowest BCUT2D eigenvalue weighted by molar-refractivity contribution is 0.0754. The molecular weight excluding hydrogens is 480 g/mol. The van der Waals surface area contributed by atoms with Crippen molar-refractivity contribution in [3.63, 3.8) is 0 Å². The summed E-state index contributed by atoms with van der Waals surface area (Å²) in [4.78, 5) is 18.6. The number of carbonyl (C=O) groups excluding carboxylic acids is 1. The van der Waals surface area contributed by atoms with E-state index in [1.165, 1.54) is 0 Å². The first kappa shape index (κ1) is 24.2. The van der Waals surface area contributed by atoms with Crippen LogP contribution in [0.2, 0.25) is 5.02 Å². The molecule has 2 heterocycles. The molecule has 0 bridgehead atoms. The van der Waals surface area contributed by atoms with E-state index in [2.05, 4.69) is 4.98 Å². The monoisotopic (exact) mass is 506 g/mol. The van der Waals surface area contributed by atoms with Crippen LogP contribution in [0, 0.1) is 0 Å². The summed E-state index contributed by atoms with van der Waals surface area (Å²) in [7, 11) is 0. The Morgan fingerprint density at radius 1 is 1.08 bits per heavy atom. The molecule has 186 valence electrons. The molecular formula is C28H27ClN2O5. The van der Waals surface area contributed by atoms with Crippen molar-refractivity contribution in [3.8, 4) is 11.5 Å². The third-order valence-corrected chi connectivity index (χ3v) is 6.63. The van der Waals surface area contributed by atoms with Crippen molar-refractivity contribution in [1.82, 2.24) is 9.88 Å². The first-order valence-electron chi connectivity index (χ1n) is 11.9. The van der Waals surface area contributed by atoms with Crippen LogP contribution in [0.4, 0.5) is 4.79 Å². The first-order valence-corrected chi connectivity index (χ1v) is 12.3. The van der Waals surface area contributed by atoms with Crippen LogP contribution in [0.15, 0.2) is 72.8 Å². The topological polar surface area (TPSA) is 95.0 Å². The van der Waals surface area contributed by atoms with Gasteiger partial charge in [-0.05, 0) is 60.0 Å². The highest BCUT2D eigenvalue weighted by molar-refractivity contribution is 6.31. The highest BCUT2D eigenvalue weighted by Gasteiger charge is 2.35. The SMILES string of the molecule is O=C(Oc1ccccc1)N1CCc2c([nH]c3ccc(Cl)cc23)C1c1ccc(OCCC(O)CO)cc1. The average Bonchev–Trinajstić information content (AvgIpc) is 3.27. The summed E-state index contributed by atoms with van der Waals surface area (Å²) in [5.41, 5.74) is 3.94. The van der Waals surface area contributed by atoms with Gasteiger partial charge in [-0.15, -0.1) is 0 Å². The number of carbonyl (C=O) groups is 1. The molecule has 1 aromatic heterocycles. The fraction of sp³-hybridized carbons (Fsp3) is 0.250. The number of aromatic nitrogens is 1. The predicted octanol–water partition coefficient (Wildman–Crippen LogP) is 5.09. The van der Waals surface area contributed by atoms with E-state index in [0.29, 0.717) is 35.9 Å². The second-order valence-corrected chi connectivity index (χ2v) is 9.21. The Bertz CT molecular complexity index is 1340. The summed E-state index contributed by atoms with van der Waals surface area (Å²) >= 11 is 6.29. The molecule has 1 aliphatic rings. The van der Waals surface area contributed by atoms with E-state index < -0.39 is 12.2 Å². The molecule has 3 N–H and O–H groups in total. The van der Waals surface area contributed by atoms with E-state index in [9.17, 15) is 9.90 Å². The van der Waals surface area contributed by atoms with Gasteiger partial charge < -0.3 is 24.7 Å². The zero-order valence-electron chi connectivity index (χ0n) is 19.6. The Kier molecular flexibility index (Phi) is 7.13. The molecule has 0 saturated carbocycles. The summed E-state index contributed by atoms with van der Waals surface area (Å²) in [6.07, 6.45) is -0.220. The maximum atomic E-state index is 13.3. The summed E-state index contributed by atoms with van der Waals surface area (Å²) < 4.78 is 11.4. The van der Waals surface area contributed by atoms with Crippen molar-refractivity contribution in [1.29, 1.82) is 0 Å². The molecule has 5 rings (SSSR count).